The van der Waals surface area contributed by atoms with Crippen molar-refractivity contribution in [3.8, 4) is 0 Å². The molecule has 0 aliphatic rings. The van der Waals surface area contributed by atoms with Gasteiger partial charge in [-0.2, -0.15) is 0 Å². The van der Waals surface area contributed by atoms with Gasteiger partial charge in [0.15, 0.2) is 0 Å². The van der Waals surface area contributed by atoms with Crippen LogP contribution in [-0.4, -0.2) is 22.2 Å². The SMILES string of the molecule is CC(C)(C(=O)CCBr)C(=O)CCBr. The van der Waals surface area contributed by atoms with Crippen LogP contribution in [-0.2, 0) is 9.59 Å². The average molecular weight is 314 g/mol. The van der Waals surface area contributed by atoms with Crippen molar-refractivity contribution in [2.24, 2.45) is 5.41 Å². The van der Waals surface area contributed by atoms with Gasteiger partial charge in [0.25, 0.3) is 0 Å². The van der Waals surface area contributed by atoms with Crippen LogP contribution in [0.15, 0.2) is 0 Å². The van der Waals surface area contributed by atoms with Crippen LogP contribution >= 0.6 is 31.9 Å². The van der Waals surface area contributed by atoms with Crippen molar-refractivity contribution in [1.29, 1.82) is 0 Å². The molecule has 0 bridgehead atoms. The first-order valence-electron chi connectivity index (χ1n) is 4.15. The first-order chi connectivity index (χ1) is 5.96. The standard InChI is InChI=1S/C9H14Br2O2/c1-9(2,7(12)3-5-10)8(13)4-6-11/h3-6H2,1-2H3. The van der Waals surface area contributed by atoms with Gasteiger partial charge in [0, 0.05) is 23.5 Å². The van der Waals surface area contributed by atoms with E-state index < -0.39 is 5.41 Å². The molecule has 0 N–H and O–H groups in total. The van der Waals surface area contributed by atoms with E-state index in [2.05, 4.69) is 31.9 Å². The van der Waals surface area contributed by atoms with Crippen molar-refractivity contribution in [3.63, 3.8) is 0 Å². The minimum Gasteiger partial charge on any atom is -0.299 e. The molecule has 0 amide bonds. The monoisotopic (exact) mass is 312 g/mol. The van der Waals surface area contributed by atoms with Crippen molar-refractivity contribution in [2.45, 2.75) is 26.7 Å². The van der Waals surface area contributed by atoms with Crippen LogP contribution in [0.3, 0.4) is 0 Å². The topological polar surface area (TPSA) is 34.1 Å². The highest BCUT2D eigenvalue weighted by atomic mass is 79.9. The zero-order valence-corrected chi connectivity index (χ0v) is 11.1. The molecule has 0 heterocycles. The molecule has 0 unspecified atom stereocenters. The lowest BCUT2D eigenvalue weighted by Gasteiger charge is -2.20. The number of hydrogen-bond acceptors (Lipinski definition) is 2. The smallest absolute Gasteiger partial charge is 0.146 e. The lowest BCUT2D eigenvalue weighted by molar-refractivity contribution is -0.138. The summed E-state index contributed by atoms with van der Waals surface area (Å²) in [5, 5.41) is 1.24. The highest BCUT2D eigenvalue weighted by Crippen LogP contribution is 2.22. The molecule has 0 rings (SSSR count). The van der Waals surface area contributed by atoms with Gasteiger partial charge in [0.1, 0.15) is 11.6 Å². The second kappa shape index (κ2) is 5.91. The molecule has 0 radical (unpaired) electrons. The molecule has 0 aliphatic heterocycles. The summed E-state index contributed by atoms with van der Waals surface area (Å²) in [4.78, 5) is 23.0. The highest BCUT2D eigenvalue weighted by molar-refractivity contribution is 9.09. The van der Waals surface area contributed by atoms with Gasteiger partial charge in [-0.25, -0.2) is 0 Å². The van der Waals surface area contributed by atoms with E-state index in [-0.39, 0.29) is 11.6 Å². The Labute approximate surface area is 95.7 Å². The summed E-state index contributed by atoms with van der Waals surface area (Å²) in [7, 11) is 0. The third-order valence-electron chi connectivity index (χ3n) is 2.04. The normalized spacial score (nSPS) is 11.4. The minimum atomic E-state index is -0.818. The van der Waals surface area contributed by atoms with Crippen molar-refractivity contribution < 1.29 is 9.59 Å². The summed E-state index contributed by atoms with van der Waals surface area (Å²) in [5.41, 5.74) is -0.818. The molecule has 2 nitrogen and oxygen atoms in total. The Morgan fingerprint density at radius 1 is 1.00 bits per heavy atom. The molecule has 0 aromatic rings. The van der Waals surface area contributed by atoms with E-state index in [0.717, 1.165) is 0 Å². The summed E-state index contributed by atoms with van der Waals surface area (Å²) in [5.74, 6) is 0.0191. The van der Waals surface area contributed by atoms with E-state index in [1.807, 2.05) is 0 Å². The van der Waals surface area contributed by atoms with Crippen LogP contribution in [0.1, 0.15) is 26.7 Å². The molecule has 0 saturated heterocycles. The maximum absolute atomic E-state index is 11.5. The van der Waals surface area contributed by atoms with Crippen LogP contribution in [0, 0.1) is 5.41 Å². The molecule has 0 aromatic heterocycles. The molecule has 4 heteroatoms. The molecular weight excluding hydrogens is 300 g/mol. The largest absolute Gasteiger partial charge is 0.299 e. The lowest BCUT2D eigenvalue weighted by atomic mass is 9.81. The third-order valence-corrected chi connectivity index (χ3v) is 2.83. The number of rotatable bonds is 6. The molecule has 76 valence electrons. The van der Waals surface area contributed by atoms with E-state index in [1.54, 1.807) is 13.8 Å². The van der Waals surface area contributed by atoms with Crippen molar-refractivity contribution in [3.05, 3.63) is 0 Å². The molecule has 0 saturated carbocycles. The number of hydrogen-bond donors (Lipinski definition) is 0. The van der Waals surface area contributed by atoms with E-state index >= 15 is 0 Å². The molecule has 0 aromatic carbocycles. The number of ketones is 2. The summed E-state index contributed by atoms with van der Waals surface area (Å²) >= 11 is 6.38. The van der Waals surface area contributed by atoms with E-state index in [1.165, 1.54) is 0 Å². The second-order valence-corrected chi connectivity index (χ2v) is 4.94. The van der Waals surface area contributed by atoms with E-state index in [9.17, 15) is 9.59 Å². The maximum atomic E-state index is 11.5. The summed E-state index contributed by atoms with van der Waals surface area (Å²) in [6, 6.07) is 0. The van der Waals surface area contributed by atoms with Crippen LogP contribution in [0.25, 0.3) is 0 Å². The number of carbonyl (C=O) groups is 2. The first kappa shape index (κ1) is 13.3. The van der Waals surface area contributed by atoms with Gasteiger partial charge < -0.3 is 0 Å². The molecule has 13 heavy (non-hydrogen) atoms. The molecule has 0 spiro atoms. The van der Waals surface area contributed by atoms with Gasteiger partial charge in [0.05, 0.1) is 5.41 Å². The Bertz CT molecular complexity index is 180. The van der Waals surface area contributed by atoms with Gasteiger partial charge in [-0.05, 0) is 13.8 Å². The van der Waals surface area contributed by atoms with Gasteiger partial charge in [-0.1, -0.05) is 31.9 Å². The molecule has 0 fully saturated rings. The Hall–Kier alpha value is 0.300. The predicted molar refractivity (Wildman–Crippen MR) is 60.6 cm³/mol. The van der Waals surface area contributed by atoms with Gasteiger partial charge >= 0.3 is 0 Å². The van der Waals surface area contributed by atoms with E-state index in [0.29, 0.717) is 23.5 Å². The van der Waals surface area contributed by atoms with Crippen LogP contribution < -0.4 is 0 Å². The fraction of sp³-hybridized carbons (Fsp3) is 0.778. The fourth-order valence-electron chi connectivity index (χ4n) is 0.952. The van der Waals surface area contributed by atoms with Crippen LogP contribution in [0.5, 0.6) is 0 Å². The van der Waals surface area contributed by atoms with Crippen LogP contribution in [0.2, 0.25) is 0 Å². The lowest BCUT2D eigenvalue weighted by Crippen LogP contribution is -2.33. The molecule has 0 atom stereocenters. The summed E-state index contributed by atoms with van der Waals surface area (Å²) in [6.45, 7) is 3.39. The number of alkyl halides is 2. The van der Waals surface area contributed by atoms with Gasteiger partial charge in [-0.3, -0.25) is 9.59 Å². The molecular formula is C9H14Br2O2. The fourth-order valence-corrected chi connectivity index (χ4v) is 1.67. The Morgan fingerprint density at radius 3 is 1.54 bits per heavy atom. The van der Waals surface area contributed by atoms with Crippen LogP contribution in [0.4, 0.5) is 0 Å². The Morgan fingerprint density at radius 2 is 1.31 bits per heavy atom. The summed E-state index contributed by atoms with van der Waals surface area (Å²) in [6.07, 6.45) is 0.835. The van der Waals surface area contributed by atoms with E-state index in [4.69, 9.17) is 0 Å². The highest BCUT2D eigenvalue weighted by Gasteiger charge is 2.33. The number of Topliss-reactive ketones (excluding diaryl/α,β-unsaturated/α-hetero) is 2. The van der Waals surface area contributed by atoms with Crippen molar-refractivity contribution >= 4 is 43.4 Å². The van der Waals surface area contributed by atoms with Crippen molar-refractivity contribution in [1.82, 2.24) is 0 Å². The van der Waals surface area contributed by atoms with Gasteiger partial charge in [0.2, 0.25) is 0 Å². The molecule has 0 aliphatic carbocycles. The van der Waals surface area contributed by atoms with Gasteiger partial charge in [-0.15, -0.1) is 0 Å². The van der Waals surface area contributed by atoms with Crippen molar-refractivity contribution in [2.75, 3.05) is 10.7 Å². The number of halogens is 2. The number of carbonyl (C=O) groups excluding carboxylic acids is 2. The third kappa shape index (κ3) is 3.90. The zero-order valence-electron chi connectivity index (χ0n) is 7.90. The zero-order chi connectivity index (χ0) is 10.5. The Kier molecular flexibility index (Phi) is 6.05. The average Bonchev–Trinajstić information content (AvgIpc) is 2.05. The predicted octanol–water partition coefficient (Wildman–Crippen LogP) is 2.72. The second-order valence-electron chi connectivity index (χ2n) is 3.35. The Balaban J connectivity index is 4.36. The summed E-state index contributed by atoms with van der Waals surface area (Å²) < 4.78 is 0. The minimum absolute atomic E-state index is 0.00956. The maximum Gasteiger partial charge on any atom is 0.146 e. The quantitative estimate of drug-likeness (QED) is 0.558. The first-order valence-corrected chi connectivity index (χ1v) is 6.39.